The van der Waals surface area contributed by atoms with Gasteiger partial charge in [-0.25, -0.2) is 0 Å². The number of aryl methyl sites for hydroxylation is 1. The lowest BCUT2D eigenvalue weighted by Crippen LogP contribution is -2.47. The molecule has 5 nitrogen and oxygen atoms in total. The average molecular weight is 420 g/mol. The topological polar surface area (TPSA) is 56.6 Å². The van der Waals surface area contributed by atoms with Gasteiger partial charge in [-0.15, -0.1) is 0 Å². The van der Waals surface area contributed by atoms with E-state index < -0.39 is 0 Å². The zero-order valence-corrected chi connectivity index (χ0v) is 18.1. The second kappa shape index (κ2) is 8.85. The monoisotopic (exact) mass is 419 g/mol. The van der Waals surface area contributed by atoms with Crippen molar-refractivity contribution in [2.45, 2.75) is 32.6 Å². The third kappa shape index (κ3) is 3.90. The van der Waals surface area contributed by atoms with E-state index >= 15 is 0 Å². The van der Waals surface area contributed by atoms with E-state index in [1.54, 1.807) is 16.7 Å². The maximum atomic E-state index is 13.0. The standard InChI is InChI=1S/C24H25N3O2S/c1-3-17-5-9-19(10-6-17)26-15-27-23(28)13-21(22(14-25)24(27)30-16-26)18-7-11-20(12-8-18)29-4-2/h5-12,21H,3-4,13,15-16H2,1-2H3/t21-/m1/s1. The summed E-state index contributed by atoms with van der Waals surface area (Å²) < 4.78 is 5.51. The number of fused-ring (bicyclic) bond motifs is 1. The molecular weight excluding hydrogens is 394 g/mol. The minimum Gasteiger partial charge on any atom is -0.494 e. The maximum Gasteiger partial charge on any atom is 0.229 e. The summed E-state index contributed by atoms with van der Waals surface area (Å²) in [5.74, 6) is 1.37. The molecular formula is C24H25N3O2S. The van der Waals surface area contributed by atoms with E-state index in [0.29, 0.717) is 31.1 Å². The van der Waals surface area contributed by atoms with Crippen LogP contribution in [0.4, 0.5) is 5.69 Å². The normalized spacial score (nSPS) is 18.8. The number of nitriles is 1. The number of amides is 1. The number of rotatable bonds is 5. The summed E-state index contributed by atoms with van der Waals surface area (Å²) in [6.07, 6.45) is 1.31. The number of thioether (sulfide) groups is 1. The van der Waals surface area contributed by atoms with Crippen molar-refractivity contribution < 1.29 is 9.53 Å². The Kier molecular flexibility index (Phi) is 6.01. The van der Waals surface area contributed by atoms with Crippen LogP contribution < -0.4 is 9.64 Å². The van der Waals surface area contributed by atoms with Crippen LogP contribution in [0.1, 0.15) is 37.3 Å². The SMILES string of the molecule is CCOc1ccc([C@H]2CC(=O)N3CN(c4ccc(CC)cc4)CSC3=C2C#N)cc1. The molecule has 2 aliphatic heterocycles. The Labute approximate surface area is 181 Å². The average Bonchev–Trinajstić information content (AvgIpc) is 2.79. The highest BCUT2D eigenvalue weighted by atomic mass is 32.2. The molecule has 0 bridgehead atoms. The van der Waals surface area contributed by atoms with Crippen LogP contribution in [-0.4, -0.2) is 30.0 Å². The van der Waals surface area contributed by atoms with Crippen molar-refractivity contribution >= 4 is 23.4 Å². The second-order valence-electron chi connectivity index (χ2n) is 7.39. The highest BCUT2D eigenvalue weighted by Gasteiger charge is 2.38. The van der Waals surface area contributed by atoms with Gasteiger partial charge in [0, 0.05) is 18.0 Å². The molecule has 0 aromatic heterocycles. The molecule has 2 heterocycles. The van der Waals surface area contributed by atoms with E-state index in [2.05, 4.69) is 42.2 Å². The van der Waals surface area contributed by atoms with Crippen LogP contribution >= 0.6 is 11.8 Å². The van der Waals surface area contributed by atoms with Gasteiger partial charge in [0.2, 0.25) is 5.91 Å². The van der Waals surface area contributed by atoms with Gasteiger partial charge >= 0.3 is 0 Å². The number of anilines is 1. The van der Waals surface area contributed by atoms with Crippen LogP contribution in [0.3, 0.4) is 0 Å². The number of nitrogens with zero attached hydrogens (tertiary/aromatic N) is 3. The number of allylic oxidation sites excluding steroid dienone is 1. The molecule has 0 radical (unpaired) electrons. The van der Waals surface area contributed by atoms with Crippen molar-refractivity contribution in [3.05, 3.63) is 70.3 Å². The summed E-state index contributed by atoms with van der Waals surface area (Å²) >= 11 is 1.57. The Morgan fingerprint density at radius 3 is 2.50 bits per heavy atom. The van der Waals surface area contributed by atoms with Gasteiger partial charge in [-0.3, -0.25) is 9.69 Å². The van der Waals surface area contributed by atoms with Crippen LogP contribution in [0, 0.1) is 11.3 Å². The third-order valence-electron chi connectivity index (χ3n) is 5.60. The van der Waals surface area contributed by atoms with E-state index in [-0.39, 0.29) is 11.8 Å². The molecule has 0 spiro atoms. The molecule has 2 aromatic carbocycles. The van der Waals surface area contributed by atoms with E-state index in [1.165, 1.54) is 5.56 Å². The number of benzene rings is 2. The van der Waals surface area contributed by atoms with Gasteiger partial charge in [0.05, 0.1) is 35.8 Å². The lowest BCUT2D eigenvalue weighted by atomic mass is 9.86. The molecule has 0 aliphatic carbocycles. The summed E-state index contributed by atoms with van der Waals surface area (Å²) in [4.78, 5) is 17.0. The van der Waals surface area contributed by atoms with Crippen LogP contribution in [-0.2, 0) is 11.2 Å². The fraction of sp³-hybridized carbons (Fsp3) is 0.333. The predicted octanol–water partition coefficient (Wildman–Crippen LogP) is 4.87. The summed E-state index contributed by atoms with van der Waals surface area (Å²) in [5.41, 5.74) is 4.06. The summed E-state index contributed by atoms with van der Waals surface area (Å²) in [5, 5.41) is 10.7. The minimum atomic E-state index is -0.202. The van der Waals surface area contributed by atoms with Crippen LogP contribution in [0.2, 0.25) is 0 Å². The van der Waals surface area contributed by atoms with Crippen molar-refractivity contribution in [2.75, 3.05) is 24.1 Å². The van der Waals surface area contributed by atoms with E-state index in [1.807, 2.05) is 31.2 Å². The summed E-state index contributed by atoms with van der Waals surface area (Å²) in [6.45, 7) is 5.17. The highest BCUT2D eigenvalue weighted by molar-refractivity contribution is 8.03. The molecule has 1 fully saturated rings. The Balaban J connectivity index is 1.59. The molecule has 1 saturated heterocycles. The predicted molar refractivity (Wildman–Crippen MR) is 120 cm³/mol. The molecule has 2 aliphatic rings. The van der Waals surface area contributed by atoms with E-state index in [9.17, 15) is 10.1 Å². The van der Waals surface area contributed by atoms with Gasteiger partial charge < -0.3 is 9.64 Å². The summed E-state index contributed by atoms with van der Waals surface area (Å²) in [7, 11) is 0. The molecule has 1 amide bonds. The van der Waals surface area contributed by atoms with Gasteiger partial charge in [0.25, 0.3) is 0 Å². The minimum absolute atomic E-state index is 0.0604. The molecule has 2 aromatic rings. The molecule has 0 N–H and O–H groups in total. The first kappa shape index (κ1) is 20.4. The van der Waals surface area contributed by atoms with Gasteiger partial charge in [-0.05, 0) is 48.7 Å². The van der Waals surface area contributed by atoms with Gasteiger partial charge in [0.1, 0.15) is 5.75 Å². The van der Waals surface area contributed by atoms with Crippen molar-refractivity contribution in [2.24, 2.45) is 0 Å². The molecule has 30 heavy (non-hydrogen) atoms. The fourth-order valence-corrected chi connectivity index (χ4v) is 5.08. The number of ether oxygens (including phenoxy) is 1. The number of carbonyl (C=O) groups excluding carboxylic acids is 1. The zero-order chi connectivity index (χ0) is 21.1. The van der Waals surface area contributed by atoms with Crippen LogP contribution in [0.5, 0.6) is 5.75 Å². The van der Waals surface area contributed by atoms with Crippen molar-refractivity contribution in [1.29, 1.82) is 5.26 Å². The Morgan fingerprint density at radius 1 is 1.13 bits per heavy atom. The summed E-state index contributed by atoms with van der Waals surface area (Å²) in [6, 6.07) is 18.6. The zero-order valence-electron chi connectivity index (χ0n) is 17.3. The van der Waals surface area contributed by atoms with Gasteiger partial charge in [-0.1, -0.05) is 43.0 Å². The molecule has 0 saturated carbocycles. The molecule has 6 heteroatoms. The first-order chi connectivity index (χ1) is 14.6. The van der Waals surface area contributed by atoms with Crippen molar-refractivity contribution in [3.8, 4) is 11.8 Å². The fourth-order valence-electron chi connectivity index (χ4n) is 3.92. The molecule has 1 atom stereocenters. The van der Waals surface area contributed by atoms with Crippen molar-refractivity contribution in [1.82, 2.24) is 4.90 Å². The Morgan fingerprint density at radius 2 is 1.87 bits per heavy atom. The first-order valence-corrected chi connectivity index (χ1v) is 11.3. The highest BCUT2D eigenvalue weighted by Crippen LogP contribution is 2.43. The largest absolute Gasteiger partial charge is 0.494 e. The third-order valence-corrected chi connectivity index (χ3v) is 6.75. The lowest BCUT2D eigenvalue weighted by Gasteiger charge is -2.42. The molecule has 154 valence electrons. The quantitative estimate of drug-likeness (QED) is 0.692. The van der Waals surface area contributed by atoms with Crippen molar-refractivity contribution in [3.63, 3.8) is 0 Å². The molecule has 4 rings (SSSR count). The Hall–Kier alpha value is -2.91. The number of carbonyl (C=O) groups is 1. The number of hydrogen-bond acceptors (Lipinski definition) is 5. The smallest absolute Gasteiger partial charge is 0.229 e. The van der Waals surface area contributed by atoms with Gasteiger partial charge in [0.15, 0.2) is 0 Å². The van der Waals surface area contributed by atoms with Crippen LogP contribution in [0.25, 0.3) is 0 Å². The van der Waals surface area contributed by atoms with E-state index in [0.717, 1.165) is 28.5 Å². The number of hydrogen-bond donors (Lipinski definition) is 0. The second-order valence-corrected chi connectivity index (χ2v) is 8.32. The van der Waals surface area contributed by atoms with Gasteiger partial charge in [-0.2, -0.15) is 5.26 Å². The van der Waals surface area contributed by atoms with E-state index in [4.69, 9.17) is 4.74 Å². The first-order valence-electron chi connectivity index (χ1n) is 10.3. The lowest BCUT2D eigenvalue weighted by molar-refractivity contribution is -0.129. The van der Waals surface area contributed by atoms with Crippen LogP contribution in [0.15, 0.2) is 59.1 Å². The maximum absolute atomic E-state index is 13.0. The Bertz CT molecular complexity index is 993. The molecule has 0 unspecified atom stereocenters.